The van der Waals surface area contributed by atoms with Crippen molar-refractivity contribution in [2.45, 2.75) is 71.1 Å². The van der Waals surface area contributed by atoms with Crippen LogP contribution in [0.25, 0.3) is 6.08 Å². The number of allylic oxidation sites excluding steroid dienone is 1. The number of carboxylic acid groups (broad SMARTS) is 1. The van der Waals surface area contributed by atoms with Gasteiger partial charge in [0.15, 0.2) is 0 Å². The van der Waals surface area contributed by atoms with Crippen LogP contribution in [-0.4, -0.2) is 65.9 Å². The second-order valence-electron chi connectivity index (χ2n) is 10.2. The van der Waals surface area contributed by atoms with Crippen molar-refractivity contribution in [3.8, 4) is 11.8 Å². The van der Waals surface area contributed by atoms with E-state index in [2.05, 4.69) is 29.3 Å². The van der Waals surface area contributed by atoms with Crippen LogP contribution >= 0.6 is 0 Å². The summed E-state index contributed by atoms with van der Waals surface area (Å²) in [6, 6.07) is 5.87. The van der Waals surface area contributed by atoms with Gasteiger partial charge in [0.1, 0.15) is 18.7 Å². The zero-order valence-electron chi connectivity index (χ0n) is 21.3. The number of rotatable bonds is 1. The molecule has 2 amide bonds. The highest BCUT2D eigenvalue weighted by Gasteiger charge is 2.45. The molecule has 0 aromatic heterocycles. The molecule has 2 N–H and O–H groups in total. The first-order chi connectivity index (χ1) is 17.2. The first-order valence-electron chi connectivity index (χ1n) is 12.5. The summed E-state index contributed by atoms with van der Waals surface area (Å²) in [5, 5.41) is 12.4. The van der Waals surface area contributed by atoms with E-state index in [0.717, 1.165) is 30.4 Å². The maximum Gasteiger partial charge on any atom is 0.407 e. The number of hydrogen-bond acceptors (Lipinski definition) is 5. The van der Waals surface area contributed by atoms with Crippen molar-refractivity contribution in [1.82, 2.24) is 10.2 Å². The molecule has 0 spiro atoms. The van der Waals surface area contributed by atoms with Crippen molar-refractivity contribution in [3.63, 3.8) is 0 Å². The van der Waals surface area contributed by atoms with Crippen LogP contribution in [0.4, 0.5) is 4.79 Å². The molecule has 2 heterocycles. The fraction of sp³-hybridized carbons (Fsp3) is 0.536. The van der Waals surface area contributed by atoms with Crippen LogP contribution in [0.15, 0.2) is 30.3 Å². The fourth-order valence-corrected chi connectivity index (χ4v) is 4.33. The molecule has 2 bridgehead atoms. The predicted octanol–water partition coefficient (Wildman–Crippen LogP) is 3.84. The minimum Gasteiger partial charge on any atom is -0.480 e. The molecule has 3 rings (SSSR count). The van der Waals surface area contributed by atoms with Gasteiger partial charge in [-0.1, -0.05) is 63.0 Å². The number of aliphatic carboxylic acids is 1. The third kappa shape index (κ3) is 7.59. The standard InChI is InChI=1S/C28H36N2O6/c1-28(2,3)24-25(31)30-19-22(18-23(30)26(32)33)35-17-11-15-21-14-9-8-13-20(21)12-7-5-4-6-10-16-36-27(34)29-24/h7-9,12-14,22-24H,4-6,10,16-19H2,1-3H3,(H,29,34)(H,32,33)/b12-7+/t22-,23+,24-/m1/s1. The first kappa shape index (κ1) is 27.3. The lowest BCUT2D eigenvalue weighted by molar-refractivity contribution is -0.150. The molecule has 194 valence electrons. The molecule has 0 radical (unpaired) electrons. The number of benzene rings is 1. The van der Waals surface area contributed by atoms with Gasteiger partial charge in [0.05, 0.1) is 12.7 Å². The van der Waals surface area contributed by atoms with E-state index >= 15 is 0 Å². The number of nitrogens with one attached hydrogen (secondary N) is 1. The molecule has 2 aliphatic rings. The molecular weight excluding hydrogens is 460 g/mol. The maximum atomic E-state index is 13.5. The van der Waals surface area contributed by atoms with Gasteiger partial charge in [0.2, 0.25) is 5.91 Å². The van der Waals surface area contributed by atoms with Crippen LogP contribution in [0, 0.1) is 17.3 Å². The number of amides is 2. The third-order valence-corrected chi connectivity index (χ3v) is 6.33. The fourth-order valence-electron chi connectivity index (χ4n) is 4.33. The molecule has 1 saturated heterocycles. The van der Waals surface area contributed by atoms with Crippen molar-refractivity contribution in [1.29, 1.82) is 0 Å². The second kappa shape index (κ2) is 12.6. The summed E-state index contributed by atoms with van der Waals surface area (Å²) in [7, 11) is 0. The minimum absolute atomic E-state index is 0.111. The average Bonchev–Trinajstić information content (AvgIpc) is 3.26. The molecule has 3 atom stereocenters. The zero-order valence-corrected chi connectivity index (χ0v) is 21.3. The van der Waals surface area contributed by atoms with Crippen LogP contribution < -0.4 is 5.32 Å². The molecule has 0 unspecified atom stereocenters. The Kier molecular flexibility index (Phi) is 9.54. The number of hydrogen-bond donors (Lipinski definition) is 2. The van der Waals surface area contributed by atoms with Crippen LogP contribution in [0.1, 0.15) is 64.0 Å². The lowest BCUT2D eigenvalue weighted by Crippen LogP contribution is -2.56. The van der Waals surface area contributed by atoms with Crippen molar-refractivity contribution >= 4 is 24.0 Å². The van der Waals surface area contributed by atoms with Gasteiger partial charge in [-0.15, -0.1) is 0 Å². The molecule has 1 aromatic rings. The summed E-state index contributed by atoms with van der Waals surface area (Å²) >= 11 is 0. The molecule has 36 heavy (non-hydrogen) atoms. The quantitative estimate of drug-likeness (QED) is 0.573. The maximum absolute atomic E-state index is 13.5. The van der Waals surface area contributed by atoms with Gasteiger partial charge in [0, 0.05) is 18.5 Å². The lowest BCUT2D eigenvalue weighted by atomic mass is 9.85. The SMILES string of the molecule is CC(C)(C)[C@@H]1NC(=O)OCCCCC/C=C/c2ccccc2C#CCO[C@@H]2C[C@@H](C(=O)O)N(C2)C1=O. The van der Waals surface area contributed by atoms with Gasteiger partial charge in [-0.05, 0) is 42.7 Å². The Bertz CT molecular complexity index is 1030. The summed E-state index contributed by atoms with van der Waals surface area (Å²) < 4.78 is 11.2. The van der Waals surface area contributed by atoms with E-state index in [0.29, 0.717) is 6.42 Å². The Hall–Kier alpha value is -3.31. The second-order valence-corrected chi connectivity index (χ2v) is 10.2. The van der Waals surface area contributed by atoms with E-state index in [-0.39, 0.29) is 26.2 Å². The van der Waals surface area contributed by atoms with Gasteiger partial charge < -0.3 is 24.8 Å². The number of nitrogens with zero attached hydrogens (tertiary/aromatic N) is 1. The predicted molar refractivity (Wildman–Crippen MR) is 136 cm³/mol. The summed E-state index contributed by atoms with van der Waals surface area (Å²) in [6.45, 7) is 5.93. The molecule has 8 heteroatoms. The van der Waals surface area contributed by atoms with Crippen LogP contribution in [0.2, 0.25) is 0 Å². The Morgan fingerprint density at radius 1 is 1.17 bits per heavy atom. The van der Waals surface area contributed by atoms with E-state index in [9.17, 15) is 19.5 Å². The molecule has 0 saturated carbocycles. The summed E-state index contributed by atoms with van der Waals surface area (Å²) in [5.74, 6) is 4.59. The van der Waals surface area contributed by atoms with Crippen molar-refractivity contribution in [2.24, 2.45) is 5.41 Å². The summed E-state index contributed by atoms with van der Waals surface area (Å²) in [5.41, 5.74) is 1.26. The van der Waals surface area contributed by atoms with Crippen molar-refractivity contribution in [3.05, 3.63) is 41.5 Å². The van der Waals surface area contributed by atoms with Gasteiger partial charge in [-0.3, -0.25) is 4.79 Å². The van der Waals surface area contributed by atoms with E-state index < -0.39 is 41.6 Å². The number of ether oxygens (including phenoxy) is 2. The highest BCUT2D eigenvalue weighted by Crippen LogP contribution is 2.27. The monoisotopic (exact) mass is 496 g/mol. The van der Waals surface area contributed by atoms with E-state index in [1.165, 1.54) is 4.90 Å². The van der Waals surface area contributed by atoms with E-state index in [1.54, 1.807) is 0 Å². The van der Waals surface area contributed by atoms with Crippen molar-refractivity contribution < 1.29 is 29.0 Å². The van der Waals surface area contributed by atoms with E-state index in [4.69, 9.17) is 9.47 Å². The highest BCUT2D eigenvalue weighted by atomic mass is 16.5. The number of alkyl carbamates (subject to hydrolysis) is 1. The minimum atomic E-state index is -1.11. The Labute approximate surface area is 213 Å². The number of cyclic esters (lactones) is 1. The third-order valence-electron chi connectivity index (χ3n) is 6.33. The zero-order chi connectivity index (χ0) is 26.1. The molecule has 0 aliphatic carbocycles. The summed E-state index contributed by atoms with van der Waals surface area (Å²) in [4.78, 5) is 39.2. The Balaban J connectivity index is 1.82. The molecule has 8 nitrogen and oxygen atoms in total. The number of carbonyl (C=O) groups is 3. The van der Waals surface area contributed by atoms with Crippen molar-refractivity contribution in [2.75, 3.05) is 19.8 Å². The normalized spacial score (nSPS) is 25.3. The molecule has 2 aliphatic heterocycles. The average molecular weight is 497 g/mol. The van der Waals surface area contributed by atoms with E-state index in [1.807, 2.05) is 45.0 Å². The van der Waals surface area contributed by atoms with Gasteiger partial charge >= 0.3 is 12.1 Å². The van der Waals surface area contributed by atoms with Gasteiger partial charge in [0.25, 0.3) is 0 Å². The number of carboxylic acids is 1. The summed E-state index contributed by atoms with van der Waals surface area (Å²) in [6.07, 6.45) is 6.65. The lowest BCUT2D eigenvalue weighted by Gasteiger charge is -2.34. The molecular formula is C28H36N2O6. The van der Waals surface area contributed by atoms with Crippen LogP contribution in [0.5, 0.6) is 0 Å². The smallest absolute Gasteiger partial charge is 0.407 e. The highest BCUT2D eigenvalue weighted by molar-refractivity contribution is 5.90. The number of carbonyl (C=O) groups excluding carboxylic acids is 2. The van der Waals surface area contributed by atoms with Gasteiger partial charge in [-0.25, -0.2) is 9.59 Å². The topological polar surface area (TPSA) is 105 Å². The number of fused-ring (bicyclic) bond motifs is 3. The Morgan fingerprint density at radius 2 is 1.94 bits per heavy atom. The molecule has 1 aromatic carbocycles. The largest absolute Gasteiger partial charge is 0.480 e. The Morgan fingerprint density at radius 3 is 2.69 bits per heavy atom. The molecule has 1 fully saturated rings. The first-order valence-corrected chi connectivity index (χ1v) is 12.5. The van der Waals surface area contributed by atoms with Crippen LogP contribution in [0.3, 0.4) is 0 Å². The van der Waals surface area contributed by atoms with Crippen LogP contribution in [-0.2, 0) is 19.1 Å². The van der Waals surface area contributed by atoms with Gasteiger partial charge in [-0.2, -0.15) is 0 Å².